The minimum atomic E-state index is -0.442. The fourth-order valence-corrected chi connectivity index (χ4v) is 1.11. The molecule has 14 heavy (non-hydrogen) atoms. The van der Waals surface area contributed by atoms with E-state index in [1.807, 2.05) is 6.92 Å². The monoisotopic (exact) mass is 217 g/mol. The molecule has 1 unspecified atom stereocenters. The Hall–Kier alpha value is -0.870. The molecule has 0 aliphatic carbocycles. The van der Waals surface area contributed by atoms with Crippen LogP contribution in [-0.4, -0.2) is 17.6 Å². The smallest absolute Gasteiger partial charge is 0.166 e. The van der Waals surface area contributed by atoms with E-state index < -0.39 is 5.82 Å². The molecular formula is C9H13ClFN3. The molecule has 1 heterocycles. The second kappa shape index (κ2) is 5.12. The van der Waals surface area contributed by atoms with Crippen molar-refractivity contribution in [2.24, 2.45) is 5.73 Å². The highest BCUT2D eigenvalue weighted by molar-refractivity contribution is 6.30. The molecule has 0 radical (unpaired) electrons. The third-order valence-electron chi connectivity index (χ3n) is 1.70. The number of nitrogens with one attached hydrogen (secondary N) is 1. The SMILES string of the molecule is CC(N)CCNc1ncc(Cl)cc1F. The van der Waals surface area contributed by atoms with Crippen LogP contribution in [0.4, 0.5) is 10.2 Å². The maximum absolute atomic E-state index is 13.1. The molecule has 0 saturated carbocycles. The van der Waals surface area contributed by atoms with Gasteiger partial charge in [-0.15, -0.1) is 0 Å². The normalized spacial score (nSPS) is 12.6. The average Bonchev–Trinajstić information content (AvgIpc) is 2.08. The molecule has 0 spiro atoms. The highest BCUT2D eigenvalue weighted by atomic mass is 35.5. The van der Waals surface area contributed by atoms with Crippen molar-refractivity contribution in [3.63, 3.8) is 0 Å². The van der Waals surface area contributed by atoms with Crippen molar-refractivity contribution in [3.05, 3.63) is 23.1 Å². The van der Waals surface area contributed by atoms with E-state index in [1.165, 1.54) is 12.3 Å². The van der Waals surface area contributed by atoms with Gasteiger partial charge in [0.2, 0.25) is 0 Å². The summed E-state index contributed by atoms with van der Waals surface area (Å²) >= 11 is 5.55. The van der Waals surface area contributed by atoms with Crippen LogP contribution >= 0.6 is 11.6 Å². The number of hydrogen-bond donors (Lipinski definition) is 2. The molecule has 3 nitrogen and oxygen atoms in total. The Kier molecular flexibility index (Phi) is 4.10. The molecule has 0 amide bonds. The van der Waals surface area contributed by atoms with Crippen LogP contribution in [0.15, 0.2) is 12.3 Å². The number of rotatable bonds is 4. The minimum absolute atomic E-state index is 0.0952. The molecule has 0 aliphatic heterocycles. The summed E-state index contributed by atoms with van der Waals surface area (Å²) in [5, 5.41) is 3.14. The van der Waals surface area contributed by atoms with Crippen LogP contribution < -0.4 is 11.1 Å². The molecule has 5 heteroatoms. The van der Waals surface area contributed by atoms with Crippen molar-refractivity contribution >= 4 is 17.4 Å². The van der Waals surface area contributed by atoms with E-state index >= 15 is 0 Å². The largest absolute Gasteiger partial charge is 0.368 e. The first-order valence-corrected chi connectivity index (χ1v) is 4.78. The molecule has 0 aliphatic rings. The van der Waals surface area contributed by atoms with Crippen LogP contribution in [0.5, 0.6) is 0 Å². The summed E-state index contributed by atoms with van der Waals surface area (Å²) in [4.78, 5) is 3.82. The van der Waals surface area contributed by atoms with Gasteiger partial charge in [0, 0.05) is 18.8 Å². The molecule has 0 fully saturated rings. The maximum Gasteiger partial charge on any atom is 0.166 e. The van der Waals surface area contributed by atoms with Crippen LogP contribution in [0.1, 0.15) is 13.3 Å². The van der Waals surface area contributed by atoms with Gasteiger partial charge in [-0.3, -0.25) is 0 Å². The summed E-state index contributed by atoms with van der Waals surface area (Å²) in [6.07, 6.45) is 2.17. The fraction of sp³-hybridized carbons (Fsp3) is 0.444. The van der Waals surface area contributed by atoms with Crippen molar-refractivity contribution < 1.29 is 4.39 Å². The Morgan fingerprint density at radius 3 is 3.00 bits per heavy atom. The lowest BCUT2D eigenvalue weighted by atomic mass is 10.2. The second-order valence-electron chi connectivity index (χ2n) is 3.18. The van der Waals surface area contributed by atoms with Crippen LogP contribution in [0.25, 0.3) is 0 Å². The standard InChI is InChI=1S/C9H13ClFN3/c1-6(12)2-3-13-9-8(11)4-7(10)5-14-9/h4-6H,2-3,12H2,1H3,(H,13,14). The second-order valence-corrected chi connectivity index (χ2v) is 3.61. The molecule has 0 bridgehead atoms. The van der Waals surface area contributed by atoms with Gasteiger partial charge in [-0.1, -0.05) is 11.6 Å². The van der Waals surface area contributed by atoms with Gasteiger partial charge in [-0.05, 0) is 19.4 Å². The molecule has 78 valence electrons. The molecule has 1 atom stereocenters. The van der Waals surface area contributed by atoms with Gasteiger partial charge in [0.1, 0.15) is 0 Å². The van der Waals surface area contributed by atoms with E-state index in [9.17, 15) is 4.39 Å². The van der Waals surface area contributed by atoms with E-state index in [2.05, 4.69) is 10.3 Å². The summed E-state index contributed by atoms with van der Waals surface area (Å²) in [6, 6.07) is 1.32. The van der Waals surface area contributed by atoms with Crippen LogP contribution in [0.2, 0.25) is 5.02 Å². The topological polar surface area (TPSA) is 50.9 Å². The van der Waals surface area contributed by atoms with Crippen LogP contribution in [-0.2, 0) is 0 Å². The summed E-state index contributed by atoms with van der Waals surface area (Å²) < 4.78 is 13.1. The van der Waals surface area contributed by atoms with E-state index in [0.29, 0.717) is 11.6 Å². The Bertz CT molecular complexity index is 304. The Labute approximate surface area is 87.5 Å². The summed E-state index contributed by atoms with van der Waals surface area (Å²) in [7, 11) is 0. The molecule has 3 N–H and O–H groups in total. The predicted octanol–water partition coefficient (Wildman–Crippen LogP) is 2.02. The number of nitrogens with two attached hydrogens (primary N) is 1. The number of anilines is 1. The Morgan fingerprint density at radius 2 is 2.43 bits per heavy atom. The van der Waals surface area contributed by atoms with Crippen LogP contribution in [0, 0.1) is 5.82 Å². The van der Waals surface area contributed by atoms with Gasteiger partial charge in [0.25, 0.3) is 0 Å². The molecule has 1 aromatic heterocycles. The lowest BCUT2D eigenvalue weighted by Gasteiger charge is -2.08. The Morgan fingerprint density at radius 1 is 1.71 bits per heavy atom. The summed E-state index contributed by atoms with van der Waals surface area (Å²) in [5.41, 5.74) is 5.54. The van der Waals surface area contributed by atoms with Crippen molar-refractivity contribution in [2.45, 2.75) is 19.4 Å². The third kappa shape index (κ3) is 3.47. The molecule has 1 rings (SSSR count). The summed E-state index contributed by atoms with van der Waals surface area (Å²) in [6.45, 7) is 2.50. The summed E-state index contributed by atoms with van der Waals surface area (Å²) in [5.74, 6) is -0.225. The van der Waals surface area contributed by atoms with E-state index in [0.717, 1.165) is 6.42 Å². The third-order valence-corrected chi connectivity index (χ3v) is 1.91. The minimum Gasteiger partial charge on any atom is -0.368 e. The van der Waals surface area contributed by atoms with E-state index in [1.54, 1.807) is 0 Å². The van der Waals surface area contributed by atoms with Gasteiger partial charge in [-0.25, -0.2) is 9.37 Å². The van der Waals surface area contributed by atoms with Gasteiger partial charge in [0.05, 0.1) is 5.02 Å². The molecule has 1 aromatic rings. The number of aromatic nitrogens is 1. The van der Waals surface area contributed by atoms with Gasteiger partial charge in [0.15, 0.2) is 11.6 Å². The predicted molar refractivity (Wildman–Crippen MR) is 56.0 cm³/mol. The first-order valence-electron chi connectivity index (χ1n) is 4.40. The average molecular weight is 218 g/mol. The number of hydrogen-bond acceptors (Lipinski definition) is 3. The number of pyridine rings is 1. The van der Waals surface area contributed by atoms with E-state index in [-0.39, 0.29) is 11.9 Å². The van der Waals surface area contributed by atoms with Gasteiger partial charge >= 0.3 is 0 Å². The van der Waals surface area contributed by atoms with E-state index in [4.69, 9.17) is 17.3 Å². The zero-order valence-corrected chi connectivity index (χ0v) is 8.68. The maximum atomic E-state index is 13.1. The van der Waals surface area contributed by atoms with Crippen molar-refractivity contribution in [2.75, 3.05) is 11.9 Å². The molecular weight excluding hydrogens is 205 g/mol. The number of halogens is 2. The van der Waals surface area contributed by atoms with Gasteiger partial charge in [-0.2, -0.15) is 0 Å². The number of nitrogens with zero attached hydrogens (tertiary/aromatic N) is 1. The fourth-order valence-electron chi connectivity index (χ4n) is 0.963. The van der Waals surface area contributed by atoms with Crippen molar-refractivity contribution in [1.29, 1.82) is 0 Å². The lowest BCUT2D eigenvalue weighted by molar-refractivity contribution is 0.620. The van der Waals surface area contributed by atoms with Crippen molar-refractivity contribution in [3.8, 4) is 0 Å². The highest BCUT2D eigenvalue weighted by Gasteiger charge is 2.03. The quantitative estimate of drug-likeness (QED) is 0.812. The van der Waals surface area contributed by atoms with Crippen LogP contribution in [0.3, 0.4) is 0 Å². The Balaban J connectivity index is 2.51. The van der Waals surface area contributed by atoms with Gasteiger partial charge < -0.3 is 11.1 Å². The first kappa shape index (κ1) is 11.2. The lowest BCUT2D eigenvalue weighted by Crippen LogP contribution is -2.19. The molecule has 0 aromatic carbocycles. The zero-order chi connectivity index (χ0) is 10.6. The molecule has 0 saturated heterocycles. The highest BCUT2D eigenvalue weighted by Crippen LogP contribution is 2.15. The zero-order valence-electron chi connectivity index (χ0n) is 7.93. The van der Waals surface area contributed by atoms with Crippen molar-refractivity contribution in [1.82, 2.24) is 4.98 Å². The first-order chi connectivity index (χ1) is 6.59.